The third-order valence-electron chi connectivity index (χ3n) is 1.90. The molecule has 1 aromatic carbocycles. The largest absolute Gasteiger partial charge is 0.323 e. The lowest BCUT2D eigenvalue weighted by atomic mass is 10.0. The third kappa shape index (κ3) is 1.84. The van der Waals surface area contributed by atoms with E-state index >= 15 is 0 Å². The van der Waals surface area contributed by atoms with E-state index in [1.54, 1.807) is 0 Å². The van der Waals surface area contributed by atoms with Crippen LogP contribution in [-0.4, -0.2) is 0 Å². The van der Waals surface area contributed by atoms with E-state index in [0.29, 0.717) is 6.42 Å². The monoisotopic (exact) mass is 160 g/mol. The number of nitrogens with two attached hydrogens (primary N) is 1. The molecule has 0 amide bonds. The van der Waals surface area contributed by atoms with Crippen molar-refractivity contribution in [3.05, 3.63) is 35.4 Å². The molecule has 0 aliphatic carbocycles. The molecule has 2 N–H and O–H groups in total. The van der Waals surface area contributed by atoms with Gasteiger partial charge in [0.15, 0.2) is 0 Å². The molecule has 0 bridgehead atoms. The van der Waals surface area contributed by atoms with Gasteiger partial charge in [-0.05, 0) is 18.1 Å². The molecule has 0 aliphatic heterocycles. The summed E-state index contributed by atoms with van der Waals surface area (Å²) in [6.07, 6.45) is 0.380. The van der Waals surface area contributed by atoms with E-state index in [1.165, 1.54) is 0 Å². The lowest BCUT2D eigenvalue weighted by molar-refractivity contribution is 0.742. The third-order valence-corrected chi connectivity index (χ3v) is 1.90. The Morgan fingerprint density at radius 3 is 2.75 bits per heavy atom. The maximum Gasteiger partial charge on any atom is 0.0641 e. The highest BCUT2D eigenvalue weighted by Gasteiger charge is 2.06. The van der Waals surface area contributed by atoms with Gasteiger partial charge >= 0.3 is 0 Å². The number of nitrogens with zero attached hydrogens (tertiary/aromatic N) is 1. The number of nitriles is 1. The molecular formula is C10H12N2. The Morgan fingerprint density at radius 2 is 2.17 bits per heavy atom. The van der Waals surface area contributed by atoms with E-state index in [-0.39, 0.29) is 6.04 Å². The predicted octanol–water partition coefficient (Wildman–Crippen LogP) is 1.91. The zero-order chi connectivity index (χ0) is 8.97. The molecule has 1 atom stereocenters. The molecule has 0 radical (unpaired) electrons. The van der Waals surface area contributed by atoms with E-state index in [2.05, 4.69) is 6.07 Å². The molecular weight excluding hydrogens is 148 g/mol. The Labute approximate surface area is 72.6 Å². The maximum atomic E-state index is 8.46. The van der Waals surface area contributed by atoms with Crippen LogP contribution in [0.15, 0.2) is 24.3 Å². The van der Waals surface area contributed by atoms with Gasteiger partial charge < -0.3 is 5.73 Å². The van der Waals surface area contributed by atoms with Crippen LogP contribution in [0, 0.1) is 18.3 Å². The summed E-state index contributed by atoms with van der Waals surface area (Å²) in [7, 11) is 0. The fourth-order valence-electron chi connectivity index (χ4n) is 1.21. The van der Waals surface area contributed by atoms with Gasteiger partial charge in [0.05, 0.1) is 12.5 Å². The minimum Gasteiger partial charge on any atom is -0.323 e. The molecule has 0 spiro atoms. The van der Waals surface area contributed by atoms with Gasteiger partial charge in [-0.2, -0.15) is 5.26 Å². The minimum atomic E-state index is -0.142. The first-order valence-corrected chi connectivity index (χ1v) is 3.93. The highest BCUT2D eigenvalue weighted by molar-refractivity contribution is 5.28. The molecule has 2 nitrogen and oxygen atoms in total. The van der Waals surface area contributed by atoms with Crippen LogP contribution in [0.25, 0.3) is 0 Å². The Morgan fingerprint density at radius 1 is 1.50 bits per heavy atom. The summed E-state index contributed by atoms with van der Waals surface area (Å²) < 4.78 is 0. The van der Waals surface area contributed by atoms with E-state index in [1.807, 2.05) is 31.2 Å². The van der Waals surface area contributed by atoms with Crippen molar-refractivity contribution in [1.29, 1.82) is 5.26 Å². The summed E-state index contributed by atoms with van der Waals surface area (Å²) in [5.41, 5.74) is 8.01. The van der Waals surface area contributed by atoms with Crippen molar-refractivity contribution in [3.63, 3.8) is 0 Å². The first-order chi connectivity index (χ1) is 5.75. The zero-order valence-electron chi connectivity index (χ0n) is 7.12. The van der Waals surface area contributed by atoms with E-state index in [9.17, 15) is 0 Å². The number of benzene rings is 1. The number of aryl methyl sites for hydroxylation is 1. The Hall–Kier alpha value is -1.33. The summed E-state index contributed by atoms with van der Waals surface area (Å²) in [6.45, 7) is 2.01. The van der Waals surface area contributed by atoms with Crippen LogP contribution in [-0.2, 0) is 0 Å². The molecule has 0 aromatic heterocycles. The Kier molecular flexibility index (Phi) is 2.84. The lowest BCUT2D eigenvalue weighted by Gasteiger charge is -2.10. The van der Waals surface area contributed by atoms with Crippen LogP contribution in [0.5, 0.6) is 0 Å². The topological polar surface area (TPSA) is 49.8 Å². The highest BCUT2D eigenvalue weighted by Crippen LogP contribution is 2.16. The SMILES string of the molecule is Cc1ccccc1[C@@H](N)CC#N. The molecule has 62 valence electrons. The van der Waals surface area contributed by atoms with E-state index in [4.69, 9.17) is 11.0 Å². The molecule has 1 aromatic rings. The van der Waals surface area contributed by atoms with Crippen LogP contribution >= 0.6 is 0 Å². The van der Waals surface area contributed by atoms with Crippen molar-refractivity contribution in [3.8, 4) is 6.07 Å². The Bertz CT molecular complexity index is 299. The van der Waals surface area contributed by atoms with Crippen molar-refractivity contribution in [2.24, 2.45) is 5.73 Å². The summed E-state index contributed by atoms with van der Waals surface area (Å²) >= 11 is 0. The van der Waals surface area contributed by atoms with Gasteiger partial charge in [-0.25, -0.2) is 0 Å². The molecule has 0 saturated heterocycles. The van der Waals surface area contributed by atoms with Crippen molar-refractivity contribution in [2.75, 3.05) is 0 Å². The lowest BCUT2D eigenvalue weighted by Crippen LogP contribution is -2.10. The van der Waals surface area contributed by atoms with Gasteiger partial charge in [0.25, 0.3) is 0 Å². The van der Waals surface area contributed by atoms with Gasteiger partial charge in [-0.3, -0.25) is 0 Å². The molecule has 12 heavy (non-hydrogen) atoms. The smallest absolute Gasteiger partial charge is 0.0641 e. The molecule has 2 heteroatoms. The fraction of sp³-hybridized carbons (Fsp3) is 0.300. The van der Waals surface area contributed by atoms with Crippen LogP contribution in [0.1, 0.15) is 23.6 Å². The van der Waals surface area contributed by atoms with E-state index in [0.717, 1.165) is 11.1 Å². The first-order valence-electron chi connectivity index (χ1n) is 3.93. The summed E-state index contributed by atoms with van der Waals surface area (Å²) in [5.74, 6) is 0. The van der Waals surface area contributed by atoms with Crippen molar-refractivity contribution < 1.29 is 0 Å². The second-order valence-electron chi connectivity index (χ2n) is 2.83. The van der Waals surface area contributed by atoms with Gasteiger partial charge in [-0.1, -0.05) is 24.3 Å². The first kappa shape index (κ1) is 8.76. The number of hydrogen-bond donors (Lipinski definition) is 1. The average Bonchev–Trinajstić information content (AvgIpc) is 2.05. The standard InChI is InChI=1S/C10H12N2/c1-8-4-2-3-5-9(8)10(12)6-7-11/h2-5,10H,6,12H2,1H3/t10-/m0/s1. The molecule has 0 aliphatic rings. The minimum absolute atomic E-state index is 0.142. The molecule has 0 saturated carbocycles. The van der Waals surface area contributed by atoms with Crippen molar-refractivity contribution in [1.82, 2.24) is 0 Å². The second kappa shape index (κ2) is 3.89. The second-order valence-corrected chi connectivity index (χ2v) is 2.83. The van der Waals surface area contributed by atoms with Gasteiger partial charge in [-0.15, -0.1) is 0 Å². The highest BCUT2D eigenvalue weighted by atomic mass is 14.6. The predicted molar refractivity (Wildman–Crippen MR) is 48.3 cm³/mol. The van der Waals surface area contributed by atoms with Crippen LogP contribution in [0.3, 0.4) is 0 Å². The van der Waals surface area contributed by atoms with Gasteiger partial charge in [0.2, 0.25) is 0 Å². The average molecular weight is 160 g/mol. The quantitative estimate of drug-likeness (QED) is 0.718. The van der Waals surface area contributed by atoms with E-state index < -0.39 is 0 Å². The Balaban J connectivity index is 2.88. The summed E-state index contributed by atoms with van der Waals surface area (Å²) in [5, 5.41) is 8.46. The molecule has 0 unspecified atom stereocenters. The normalized spacial score (nSPS) is 12.1. The number of hydrogen-bond acceptors (Lipinski definition) is 2. The summed E-state index contributed by atoms with van der Waals surface area (Å²) in [6, 6.07) is 9.82. The van der Waals surface area contributed by atoms with Crippen LogP contribution in [0.2, 0.25) is 0 Å². The van der Waals surface area contributed by atoms with Crippen LogP contribution in [0.4, 0.5) is 0 Å². The summed E-state index contributed by atoms with van der Waals surface area (Å²) in [4.78, 5) is 0. The van der Waals surface area contributed by atoms with Crippen molar-refractivity contribution >= 4 is 0 Å². The molecule has 1 rings (SSSR count). The van der Waals surface area contributed by atoms with Crippen molar-refractivity contribution in [2.45, 2.75) is 19.4 Å². The fourth-order valence-corrected chi connectivity index (χ4v) is 1.21. The van der Waals surface area contributed by atoms with Gasteiger partial charge in [0.1, 0.15) is 0 Å². The van der Waals surface area contributed by atoms with Gasteiger partial charge in [0, 0.05) is 6.04 Å². The molecule has 0 heterocycles. The number of rotatable bonds is 2. The maximum absolute atomic E-state index is 8.46. The molecule has 0 fully saturated rings. The van der Waals surface area contributed by atoms with Crippen LogP contribution < -0.4 is 5.73 Å². The zero-order valence-corrected chi connectivity index (χ0v) is 7.12.